The van der Waals surface area contributed by atoms with E-state index in [1.807, 2.05) is 36.9 Å². The molecule has 1 amide bonds. The average Bonchev–Trinajstić information content (AvgIpc) is 2.87. The monoisotopic (exact) mass is 325 g/mol. The fourth-order valence-corrected chi connectivity index (χ4v) is 3.63. The van der Waals surface area contributed by atoms with Crippen LogP contribution in [0, 0.1) is 5.41 Å². The third kappa shape index (κ3) is 3.50. The maximum atomic E-state index is 12.2. The van der Waals surface area contributed by atoms with Crippen molar-refractivity contribution in [1.29, 1.82) is 0 Å². The maximum absolute atomic E-state index is 12.2. The number of aliphatic hydroxyl groups excluding tert-OH is 1. The van der Waals surface area contributed by atoms with Crippen LogP contribution in [0.5, 0.6) is 11.5 Å². The highest BCUT2D eigenvalue weighted by atomic mass is 32.2. The number of ether oxygens (including phenoxy) is 2. The van der Waals surface area contributed by atoms with E-state index in [0.717, 1.165) is 11.3 Å². The third-order valence-corrected chi connectivity index (χ3v) is 4.94. The molecule has 1 atom stereocenters. The number of aliphatic hydroxyl groups is 1. The van der Waals surface area contributed by atoms with Gasteiger partial charge in [0, 0.05) is 30.2 Å². The Morgan fingerprint density at radius 2 is 2.09 bits per heavy atom. The zero-order valence-corrected chi connectivity index (χ0v) is 14.3. The first-order chi connectivity index (χ1) is 10.4. The van der Waals surface area contributed by atoms with Crippen LogP contribution in [0.4, 0.5) is 0 Å². The van der Waals surface area contributed by atoms with E-state index in [-0.39, 0.29) is 23.3 Å². The van der Waals surface area contributed by atoms with Gasteiger partial charge >= 0.3 is 0 Å². The number of hydrogen-bond acceptors (Lipinski definition) is 5. The van der Waals surface area contributed by atoms with Crippen LogP contribution in [-0.2, 0) is 4.79 Å². The van der Waals surface area contributed by atoms with E-state index < -0.39 is 0 Å². The Morgan fingerprint density at radius 1 is 1.36 bits per heavy atom. The molecule has 5 nitrogen and oxygen atoms in total. The number of methoxy groups -OCH3 is 2. The minimum Gasteiger partial charge on any atom is -0.497 e. The summed E-state index contributed by atoms with van der Waals surface area (Å²) in [6.45, 7) is 4.44. The first kappa shape index (κ1) is 17.0. The summed E-state index contributed by atoms with van der Waals surface area (Å²) in [5, 5.41) is 9.38. The number of thioether (sulfide) groups is 1. The lowest BCUT2D eigenvalue weighted by molar-refractivity contribution is -0.129. The van der Waals surface area contributed by atoms with Crippen molar-refractivity contribution in [3.63, 3.8) is 0 Å². The Kier molecular flexibility index (Phi) is 5.24. The second-order valence-corrected chi connectivity index (χ2v) is 7.18. The lowest BCUT2D eigenvalue weighted by atomic mass is 9.94. The van der Waals surface area contributed by atoms with Crippen molar-refractivity contribution in [3.8, 4) is 11.5 Å². The van der Waals surface area contributed by atoms with Gasteiger partial charge in [-0.25, -0.2) is 0 Å². The maximum Gasteiger partial charge on any atom is 0.233 e. The van der Waals surface area contributed by atoms with Crippen molar-refractivity contribution in [2.75, 3.05) is 33.1 Å². The zero-order valence-electron chi connectivity index (χ0n) is 13.5. The number of amides is 1. The molecule has 0 bridgehead atoms. The molecule has 1 aliphatic rings. The molecule has 0 radical (unpaired) electrons. The normalized spacial score (nSPS) is 18.7. The van der Waals surface area contributed by atoms with Gasteiger partial charge in [0.05, 0.1) is 20.0 Å². The summed E-state index contributed by atoms with van der Waals surface area (Å²) in [6, 6.07) is 5.64. The topological polar surface area (TPSA) is 59.0 Å². The molecule has 1 aliphatic heterocycles. The molecule has 122 valence electrons. The molecule has 1 N–H and O–H groups in total. The number of carbonyl (C=O) groups is 1. The molecule has 22 heavy (non-hydrogen) atoms. The molecule has 0 saturated carbocycles. The highest BCUT2D eigenvalue weighted by Crippen LogP contribution is 2.44. The van der Waals surface area contributed by atoms with Gasteiger partial charge in [-0.2, -0.15) is 0 Å². The number of rotatable bonds is 6. The smallest absolute Gasteiger partial charge is 0.233 e. The fourth-order valence-electron chi connectivity index (χ4n) is 2.42. The van der Waals surface area contributed by atoms with Gasteiger partial charge in [-0.05, 0) is 12.1 Å². The van der Waals surface area contributed by atoms with Crippen molar-refractivity contribution in [1.82, 2.24) is 4.90 Å². The number of nitrogens with zero attached hydrogens (tertiary/aromatic N) is 1. The molecule has 1 saturated heterocycles. The molecule has 1 aromatic rings. The van der Waals surface area contributed by atoms with Crippen molar-refractivity contribution in [2.45, 2.75) is 19.2 Å². The largest absolute Gasteiger partial charge is 0.497 e. The molecular formula is C16H23NO4S. The Bertz CT molecular complexity index is 547. The van der Waals surface area contributed by atoms with Gasteiger partial charge < -0.3 is 19.5 Å². The van der Waals surface area contributed by atoms with E-state index in [4.69, 9.17) is 9.47 Å². The lowest BCUT2D eigenvalue weighted by Gasteiger charge is -2.32. The summed E-state index contributed by atoms with van der Waals surface area (Å²) < 4.78 is 10.7. The number of carbonyl (C=O) groups excluding carboxylic acids is 1. The minimum absolute atomic E-state index is 0.0356. The minimum atomic E-state index is -0.335. The molecule has 1 heterocycles. The van der Waals surface area contributed by atoms with E-state index in [1.165, 1.54) is 0 Å². The fraction of sp³-hybridized carbons (Fsp3) is 0.562. The Morgan fingerprint density at radius 3 is 2.68 bits per heavy atom. The van der Waals surface area contributed by atoms with Gasteiger partial charge in [-0.1, -0.05) is 13.8 Å². The summed E-state index contributed by atoms with van der Waals surface area (Å²) >= 11 is 1.58. The number of benzene rings is 1. The van der Waals surface area contributed by atoms with Crippen LogP contribution >= 0.6 is 11.8 Å². The molecule has 2 rings (SSSR count). The highest BCUT2D eigenvalue weighted by Gasteiger charge is 2.37. The van der Waals surface area contributed by atoms with Crippen LogP contribution in [0.15, 0.2) is 18.2 Å². The molecule has 6 heteroatoms. The van der Waals surface area contributed by atoms with E-state index >= 15 is 0 Å². The second-order valence-electron chi connectivity index (χ2n) is 6.12. The standard InChI is InChI=1S/C16H23NO4S/c1-16(2,10-18)9-17-14(19)8-22-15(17)12-6-5-11(20-3)7-13(12)21-4/h5-7,15,18H,8-10H2,1-4H3. The van der Waals surface area contributed by atoms with Gasteiger partial charge in [0.25, 0.3) is 0 Å². The van der Waals surface area contributed by atoms with E-state index in [0.29, 0.717) is 18.0 Å². The van der Waals surface area contributed by atoms with Gasteiger partial charge in [0.1, 0.15) is 16.9 Å². The van der Waals surface area contributed by atoms with Crippen molar-refractivity contribution in [3.05, 3.63) is 23.8 Å². The van der Waals surface area contributed by atoms with Crippen LogP contribution < -0.4 is 9.47 Å². The zero-order chi connectivity index (χ0) is 16.3. The van der Waals surface area contributed by atoms with Crippen LogP contribution in [0.2, 0.25) is 0 Å². The van der Waals surface area contributed by atoms with E-state index in [1.54, 1.807) is 26.0 Å². The highest BCUT2D eigenvalue weighted by molar-refractivity contribution is 8.00. The molecule has 0 aromatic heterocycles. The Labute approximate surface area is 135 Å². The molecule has 0 aliphatic carbocycles. The quantitative estimate of drug-likeness (QED) is 0.870. The Hall–Kier alpha value is -1.40. The molecule has 1 fully saturated rings. The predicted molar refractivity (Wildman–Crippen MR) is 87.3 cm³/mol. The Balaban J connectivity index is 2.32. The van der Waals surface area contributed by atoms with Crippen LogP contribution in [0.3, 0.4) is 0 Å². The SMILES string of the molecule is COc1ccc(C2SCC(=O)N2CC(C)(C)CO)c(OC)c1. The van der Waals surface area contributed by atoms with Crippen molar-refractivity contribution >= 4 is 17.7 Å². The second kappa shape index (κ2) is 6.79. The van der Waals surface area contributed by atoms with Gasteiger partial charge in [0.15, 0.2) is 0 Å². The van der Waals surface area contributed by atoms with E-state index in [9.17, 15) is 9.90 Å². The van der Waals surface area contributed by atoms with Gasteiger partial charge in [0.2, 0.25) is 5.91 Å². The molecule has 1 aromatic carbocycles. The summed E-state index contributed by atoms with van der Waals surface area (Å²) in [5.41, 5.74) is 0.617. The molecular weight excluding hydrogens is 302 g/mol. The van der Waals surface area contributed by atoms with Crippen molar-refractivity contribution in [2.24, 2.45) is 5.41 Å². The summed E-state index contributed by atoms with van der Waals surface area (Å²) in [5.74, 6) is 1.96. The van der Waals surface area contributed by atoms with Gasteiger partial charge in [-0.15, -0.1) is 11.8 Å². The van der Waals surface area contributed by atoms with Crippen LogP contribution in [0.1, 0.15) is 24.8 Å². The predicted octanol–water partition coefficient (Wildman–Crippen LogP) is 2.30. The summed E-state index contributed by atoms with van der Waals surface area (Å²) in [4.78, 5) is 14.1. The van der Waals surface area contributed by atoms with Crippen LogP contribution in [-0.4, -0.2) is 49.0 Å². The third-order valence-electron chi connectivity index (χ3n) is 3.70. The first-order valence-corrected chi connectivity index (χ1v) is 8.20. The van der Waals surface area contributed by atoms with Crippen LogP contribution in [0.25, 0.3) is 0 Å². The average molecular weight is 325 g/mol. The summed E-state index contributed by atoms with van der Waals surface area (Å²) in [7, 11) is 3.22. The lowest BCUT2D eigenvalue weighted by Crippen LogP contribution is -2.38. The number of hydrogen-bond donors (Lipinski definition) is 1. The first-order valence-electron chi connectivity index (χ1n) is 7.15. The molecule has 0 spiro atoms. The van der Waals surface area contributed by atoms with E-state index in [2.05, 4.69) is 0 Å². The summed E-state index contributed by atoms with van der Waals surface area (Å²) in [6.07, 6.45) is 0. The van der Waals surface area contributed by atoms with Crippen molar-refractivity contribution < 1.29 is 19.4 Å². The van der Waals surface area contributed by atoms with Gasteiger partial charge in [-0.3, -0.25) is 4.79 Å². The molecule has 1 unspecified atom stereocenters.